The summed E-state index contributed by atoms with van der Waals surface area (Å²) in [5.74, 6) is 0.280. The fourth-order valence-electron chi connectivity index (χ4n) is 1.89. The zero-order valence-corrected chi connectivity index (χ0v) is 12.2. The zero-order valence-electron chi connectivity index (χ0n) is 12.2. The van der Waals surface area contributed by atoms with E-state index in [2.05, 4.69) is 10.4 Å². The predicted octanol–water partition coefficient (Wildman–Crippen LogP) is -3.55. The van der Waals surface area contributed by atoms with Crippen LogP contribution in [0, 0.1) is 0 Å². The first-order valence-corrected chi connectivity index (χ1v) is 6.51. The molecular weight excluding hydrogens is 259 g/mol. The highest BCUT2D eigenvalue weighted by Gasteiger charge is 2.41. The lowest BCUT2D eigenvalue weighted by Crippen LogP contribution is -2.42. The summed E-state index contributed by atoms with van der Waals surface area (Å²) in [6.07, 6.45) is 1.76. The summed E-state index contributed by atoms with van der Waals surface area (Å²) < 4.78 is 12.6. The van der Waals surface area contributed by atoms with Gasteiger partial charge in [0.2, 0.25) is 6.41 Å². The van der Waals surface area contributed by atoms with Gasteiger partial charge in [-0.15, -0.1) is 5.10 Å². The molecule has 0 aliphatic carbocycles. The van der Waals surface area contributed by atoms with Crippen molar-refractivity contribution in [3.8, 4) is 5.88 Å². The molecule has 2 heterocycles. The lowest BCUT2D eigenvalue weighted by Gasteiger charge is -2.23. The molecule has 0 aromatic carbocycles. The van der Waals surface area contributed by atoms with Crippen LogP contribution in [0.25, 0.3) is 0 Å². The normalized spacial score (nSPS) is 26.4. The van der Waals surface area contributed by atoms with E-state index in [1.807, 2.05) is 23.5 Å². The molecule has 1 aromatic heterocycles. The number of hydrogen-bond donors (Lipinski definition) is 2. The van der Waals surface area contributed by atoms with Crippen LogP contribution in [0.15, 0.2) is 6.20 Å². The number of amides is 1. The van der Waals surface area contributed by atoms with Crippen molar-refractivity contribution < 1.29 is 19.4 Å². The van der Waals surface area contributed by atoms with Gasteiger partial charge in [0.05, 0.1) is 19.4 Å². The highest BCUT2D eigenvalue weighted by Crippen LogP contribution is 2.29. The molecule has 10 heteroatoms. The molecule has 2 N–H and O–H groups in total. The maximum absolute atomic E-state index is 10.7. The molecule has 0 spiro atoms. The number of hydrogen-bond acceptors (Lipinski definition) is 5. The van der Waals surface area contributed by atoms with Crippen LogP contribution in [-0.4, -0.2) is 69.8 Å². The second kappa shape index (κ2) is 5.18. The second-order valence-corrected chi connectivity index (χ2v) is 6.20. The molecule has 7 nitrogen and oxygen atoms in total. The summed E-state index contributed by atoms with van der Waals surface area (Å²) in [6, 6.07) is 0. The summed E-state index contributed by atoms with van der Waals surface area (Å²) in [6.45, 7) is 2.16. The first kappa shape index (κ1) is 15.0. The molecule has 20 heavy (non-hydrogen) atoms. The van der Waals surface area contributed by atoms with Crippen LogP contribution < -0.4 is 10.1 Å². The van der Waals surface area contributed by atoms with E-state index in [1.54, 1.807) is 17.8 Å². The average molecular weight is 277 g/mol. The van der Waals surface area contributed by atoms with Crippen LogP contribution in [0.4, 0.5) is 5.69 Å². The van der Waals surface area contributed by atoms with Crippen molar-refractivity contribution in [1.82, 2.24) is 9.78 Å². The maximum Gasteiger partial charge on any atom is 0.257 e. The molecule has 1 fully saturated rings. The number of nitrogens with zero attached hydrogens (tertiary/aromatic N) is 2. The van der Waals surface area contributed by atoms with Gasteiger partial charge in [0.15, 0.2) is 6.10 Å². The Labute approximate surface area is 120 Å². The molecular formula is C10H18B3N3O4. The van der Waals surface area contributed by atoms with Crippen LogP contribution >= 0.6 is 0 Å². The van der Waals surface area contributed by atoms with E-state index in [0.29, 0.717) is 12.1 Å². The highest BCUT2D eigenvalue weighted by molar-refractivity contribution is 6.56. The Morgan fingerprint density at radius 1 is 1.70 bits per heavy atom. The Kier molecular flexibility index (Phi) is 3.88. The van der Waals surface area contributed by atoms with Crippen molar-refractivity contribution >= 4 is 35.6 Å². The van der Waals surface area contributed by atoms with Gasteiger partial charge in [-0.1, -0.05) is 0 Å². The molecule has 0 bridgehead atoms. The van der Waals surface area contributed by atoms with E-state index >= 15 is 0 Å². The second-order valence-electron chi connectivity index (χ2n) is 6.20. The molecule has 1 aromatic rings. The predicted molar refractivity (Wildman–Crippen MR) is 81.4 cm³/mol. The largest absolute Gasteiger partial charge is 0.466 e. The SMILES string of the molecule is BC(B)(B)n1cc(NC=O)c(OC2COCC2(C)O)n1. The van der Waals surface area contributed by atoms with Crippen LogP contribution in [0.2, 0.25) is 0 Å². The van der Waals surface area contributed by atoms with Gasteiger partial charge in [-0.25, -0.2) is 0 Å². The minimum absolute atomic E-state index is 0.216. The van der Waals surface area contributed by atoms with E-state index in [1.165, 1.54) is 0 Å². The molecule has 1 aliphatic heterocycles. The number of aromatic nitrogens is 2. The fraction of sp³-hybridized carbons (Fsp3) is 0.600. The van der Waals surface area contributed by atoms with Gasteiger partial charge < -0.3 is 19.9 Å². The summed E-state index contributed by atoms with van der Waals surface area (Å²) in [7, 11) is 5.97. The molecule has 2 unspecified atom stereocenters. The van der Waals surface area contributed by atoms with Gasteiger partial charge in [0.25, 0.3) is 5.88 Å². The Morgan fingerprint density at radius 2 is 2.40 bits per heavy atom. The van der Waals surface area contributed by atoms with Crippen LogP contribution in [0.1, 0.15) is 6.92 Å². The number of ether oxygens (including phenoxy) is 2. The van der Waals surface area contributed by atoms with Crippen molar-refractivity contribution in [3.05, 3.63) is 6.20 Å². The monoisotopic (exact) mass is 277 g/mol. The van der Waals surface area contributed by atoms with Gasteiger partial charge in [0, 0.05) is 0 Å². The number of carbonyl (C=O) groups is 1. The number of aliphatic hydroxyl groups is 1. The Morgan fingerprint density at radius 3 is 2.90 bits per heavy atom. The number of nitrogens with one attached hydrogen (secondary N) is 1. The standard InChI is InChI=1S/C10H18B3N3O4/c1-9(18)4-19-3-7(9)20-8-6(14-5-17)2-16(15-8)10(11,12)13/h2,5,7,18H,3-4,11-13H2,1H3,(H,14,17). The van der Waals surface area contributed by atoms with Crippen molar-refractivity contribution in [3.63, 3.8) is 0 Å². The molecule has 0 saturated carbocycles. The van der Waals surface area contributed by atoms with Crippen molar-refractivity contribution in [2.45, 2.75) is 23.9 Å². The van der Waals surface area contributed by atoms with E-state index < -0.39 is 11.7 Å². The van der Waals surface area contributed by atoms with Crippen molar-refractivity contribution in [2.24, 2.45) is 0 Å². The van der Waals surface area contributed by atoms with Gasteiger partial charge in [-0.3, -0.25) is 9.48 Å². The minimum Gasteiger partial charge on any atom is -0.466 e. The van der Waals surface area contributed by atoms with Gasteiger partial charge in [-0.2, -0.15) is 0 Å². The van der Waals surface area contributed by atoms with Crippen LogP contribution in [0.5, 0.6) is 5.88 Å². The lowest BCUT2D eigenvalue weighted by atomic mass is 9.49. The van der Waals surface area contributed by atoms with Gasteiger partial charge in [0.1, 0.15) is 34.8 Å². The van der Waals surface area contributed by atoms with Crippen LogP contribution in [0.3, 0.4) is 0 Å². The van der Waals surface area contributed by atoms with E-state index in [0.717, 1.165) is 0 Å². The third-order valence-corrected chi connectivity index (χ3v) is 3.19. The molecule has 106 valence electrons. The van der Waals surface area contributed by atoms with Crippen molar-refractivity contribution in [2.75, 3.05) is 18.5 Å². The minimum atomic E-state index is -1.07. The first-order chi connectivity index (χ1) is 9.24. The number of anilines is 1. The average Bonchev–Trinajstić information content (AvgIpc) is 2.85. The highest BCUT2D eigenvalue weighted by atomic mass is 16.6. The van der Waals surface area contributed by atoms with Gasteiger partial charge in [-0.05, 0) is 12.2 Å². The fourth-order valence-corrected chi connectivity index (χ4v) is 1.89. The molecule has 1 amide bonds. The van der Waals surface area contributed by atoms with E-state index in [4.69, 9.17) is 9.47 Å². The van der Waals surface area contributed by atoms with E-state index in [-0.39, 0.29) is 24.3 Å². The van der Waals surface area contributed by atoms with Crippen LogP contribution in [-0.2, 0) is 14.8 Å². The maximum atomic E-state index is 10.7. The Bertz CT molecular complexity index is 500. The first-order valence-electron chi connectivity index (χ1n) is 6.51. The molecule has 2 rings (SSSR count). The molecule has 2 atom stereocenters. The summed E-state index contributed by atoms with van der Waals surface area (Å²) in [4.78, 5) is 10.7. The quantitative estimate of drug-likeness (QED) is 0.430. The topological polar surface area (TPSA) is 85.6 Å². The van der Waals surface area contributed by atoms with Gasteiger partial charge >= 0.3 is 0 Å². The summed E-state index contributed by atoms with van der Waals surface area (Å²) >= 11 is 0. The molecule has 1 aliphatic rings. The lowest BCUT2D eigenvalue weighted by molar-refractivity contribution is -0.105. The zero-order chi connectivity index (χ0) is 15.0. The third kappa shape index (κ3) is 3.01. The molecule has 1 saturated heterocycles. The Balaban J connectivity index is 2.26. The number of rotatable bonds is 5. The summed E-state index contributed by atoms with van der Waals surface area (Å²) in [5.41, 5.74) is -0.595. The smallest absolute Gasteiger partial charge is 0.257 e. The Hall–Kier alpha value is -1.41. The third-order valence-electron chi connectivity index (χ3n) is 3.19. The van der Waals surface area contributed by atoms with E-state index in [9.17, 15) is 9.90 Å². The number of carbonyl (C=O) groups excluding carboxylic acids is 1. The molecule has 0 radical (unpaired) electrons. The van der Waals surface area contributed by atoms with Crippen molar-refractivity contribution in [1.29, 1.82) is 0 Å². The summed E-state index contributed by atoms with van der Waals surface area (Å²) in [5, 5.41) is 16.8.